The van der Waals surface area contributed by atoms with Gasteiger partial charge in [-0.05, 0) is 39.9 Å². The van der Waals surface area contributed by atoms with Gasteiger partial charge in [0.25, 0.3) is 0 Å². The van der Waals surface area contributed by atoms with E-state index in [-0.39, 0.29) is 0 Å². The van der Waals surface area contributed by atoms with E-state index in [4.69, 9.17) is 5.73 Å². The lowest BCUT2D eigenvalue weighted by Crippen LogP contribution is -2.42. The molecule has 0 saturated carbocycles. The Kier molecular flexibility index (Phi) is 6.32. The van der Waals surface area contributed by atoms with E-state index in [2.05, 4.69) is 30.8 Å². The third kappa shape index (κ3) is 4.81. The summed E-state index contributed by atoms with van der Waals surface area (Å²) in [6.07, 6.45) is 6.39. The molecule has 1 heterocycles. The molecule has 1 fully saturated rings. The minimum absolute atomic E-state index is 0.358. The van der Waals surface area contributed by atoms with Crippen LogP contribution in [-0.2, 0) is 0 Å². The molecule has 0 aromatic rings. The topological polar surface area (TPSA) is 32.5 Å². The zero-order valence-electron chi connectivity index (χ0n) is 11.3. The maximum atomic E-state index is 6.11. The van der Waals surface area contributed by atoms with Gasteiger partial charge in [0.2, 0.25) is 0 Å². The summed E-state index contributed by atoms with van der Waals surface area (Å²) in [4.78, 5) is 4.89. The fraction of sp³-hybridized carbons (Fsp3) is 1.00. The molecular weight excluding hydrogens is 198 g/mol. The molecule has 16 heavy (non-hydrogen) atoms. The Hall–Kier alpha value is -0.120. The molecular formula is C13H29N3. The number of rotatable bonds is 7. The molecule has 1 rings (SSSR count). The number of likely N-dealkylation sites (N-methyl/N-ethyl adjacent to an activating group) is 2. The lowest BCUT2D eigenvalue weighted by Gasteiger charge is -2.27. The van der Waals surface area contributed by atoms with E-state index in [1.807, 2.05) is 0 Å². The Morgan fingerprint density at radius 1 is 1.50 bits per heavy atom. The minimum Gasteiger partial charge on any atom is -0.327 e. The van der Waals surface area contributed by atoms with Crippen molar-refractivity contribution < 1.29 is 0 Å². The summed E-state index contributed by atoms with van der Waals surface area (Å²) < 4.78 is 0. The predicted octanol–water partition coefficient (Wildman–Crippen LogP) is 1.53. The van der Waals surface area contributed by atoms with Crippen LogP contribution in [0.1, 0.15) is 39.0 Å². The van der Waals surface area contributed by atoms with Crippen LogP contribution in [-0.4, -0.2) is 55.6 Å². The number of nitrogens with zero attached hydrogens (tertiary/aromatic N) is 2. The van der Waals surface area contributed by atoms with E-state index < -0.39 is 0 Å². The van der Waals surface area contributed by atoms with Crippen molar-refractivity contribution in [3.8, 4) is 0 Å². The molecule has 0 amide bonds. The second kappa shape index (κ2) is 7.25. The van der Waals surface area contributed by atoms with Crippen LogP contribution in [0, 0.1) is 0 Å². The van der Waals surface area contributed by atoms with Crippen molar-refractivity contribution in [3.63, 3.8) is 0 Å². The number of unbranched alkanes of at least 4 members (excludes halogenated alkanes) is 1. The predicted molar refractivity (Wildman–Crippen MR) is 70.6 cm³/mol. The molecule has 0 spiro atoms. The van der Waals surface area contributed by atoms with E-state index in [0.29, 0.717) is 6.04 Å². The zero-order valence-corrected chi connectivity index (χ0v) is 11.3. The Bertz CT molecular complexity index is 184. The second-order valence-corrected chi connectivity index (χ2v) is 5.40. The molecule has 1 aliphatic rings. The first kappa shape index (κ1) is 13.9. The van der Waals surface area contributed by atoms with Crippen LogP contribution >= 0.6 is 0 Å². The maximum absolute atomic E-state index is 6.11. The standard InChI is InChI=1S/C13H29N3/c1-4-5-7-12(14)10-15(2)11-13-8-6-9-16(13)3/h12-13H,4-11,14H2,1-3H3. The monoisotopic (exact) mass is 227 g/mol. The summed E-state index contributed by atoms with van der Waals surface area (Å²) in [6.45, 7) is 5.71. The normalized spacial score (nSPS) is 24.2. The van der Waals surface area contributed by atoms with Crippen LogP contribution in [0.15, 0.2) is 0 Å². The molecule has 2 unspecified atom stereocenters. The molecule has 0 aromatic carbocycles. The van der Waals surface area contributed by atoms with E-state index in [1.54, 1.807) is 0 Å². The SMILES string of the molecule is CCCCC(N)CN(C)CC1CCCN1C. The Morgan fingerprint density at radius 3 is 2.81 bits per heavy atom. The van der Waals surface area contributed by atoms with Gasteiger partial charge in [-0.25, -0.2) is 0 Å². The highest BCUT2D eigenvalue weighted by molar-refractivity contribution is 4.79. The first-order chi connectivity index (χ1) is 7.63. The smallest absolute Gasteiger partial charge is 0.0220 e. The van der Waals surface area contributed by atoms with Crippen molar-refractivity contribution in [2.24, 2.45) is 5.73 Å². The van der Waals surface area contributed by atoms with Gasteiger partial charge in [0, 0.05) is 25.2 Å². The molecule has 0 aromatic heterocycles. The van der Waals surface area contributed by atoms with Gasteiger partial charge in [-0.2, -0.15) is 0 Å². The van der Waals surface area contributed by atoms with Gasteiger partial charge in [-0.15, -0.1) is 0 Å². The van der Waals surface area contributed by atoms with Gasteiger partial charge in [-0.3, -0.25) is 0 Å². The van der Waals surface area contributed by atoms with Crippen molar-refractivity contribution in [2.75, 3.05) is 33.7 Å². The molecule has 0 bridgehead atoms. The number of likely N-dealkylation sites (tertiary alicyclic amines) is 1. The lowest BCUT2D eigenvalue weighted by molar-refractivity contribution is 0.210. The van der Waals surface area contributed by atoms with Crippen LogP contribution < -0.4 is 5.73 Å². The van der Waals surface area contributed by atoms with Gasteiger partial charge < -0.3 is 15.5 Å². The van der Waals surface area contributed by atoms with Gasteiger partial charge >= 0.3 is 0 Å². The Labute approximate surface area is 101 Å². The highest BCUT2D eigenvalue weighted by Gasteiger charge is 2.22. The second-order valence-electron chi connectivity index (χ2n) is 5.40. The lowest BCUT2D eigenvalue weighted by atomic mass is 10.1. The number of nitrogens with two attached hydrogens (primary N) is 1. The fourth-order valence-corrected chi connectivity index (χ4v) is 2.60. The Balaban J connectivity index is 2.16. The van der Waals surface area contributed by atoms with Crippen molar-refractivity contribution >= 4 is 0 Å². The molecule has 1 saturated heterocycles. The third-order valence-electron chi connectivity index (χ3n) is 3.67. The van der Waals surface area contributed by atoms with Crippen LogP contribution in [0.25, 0.3) is 0 Å². The first-order valence-electron chi connectivity index (χ1n) is 6.77. The van der Waals surface area contributed by atoms with E-state index in [0.717, 1.165) is 12.6 Å². The molecule has 2 atom stereocenters. The van der Waals surface area contributed by atoms with Crippen molar-refractivity contribution in [1.29, 1.82) is 0 Å². The summed E-state index contributed by atoms with van der Waals surface area (Å²) >= 11 is 0. The highest BCUT2D eigenvalue weighted by Crippen LogP contribution is 2.15. The number of hydrogen-bond acceptors (Lipinski definition) is 3. The fourth-order valence-electron chi connectivity index (χ4n) is 2.60. The highest BCUT2D eigenvalue weighted by atomic mass is 15.2. The van der Waals surface area contributed by atoms with Crippen molar-refractivity contribution in [3.05, 3.63) is 0 Å². The van der Waals surface area contributed by atoms with Gasteiger partial charge in [-0.1, -0.05) is 19.8 Å². The molecule has 0 aliphatic carbocycles. The average molecular weight is 227 g/mol. The summed E-state index contributed by atoms with van der Waals surface area (Å²) in [6, 6.07) is 1.11. The summed E-state index contributed by atoms with van der Waals surface area (Å²) in [5.74, 6) is 0. The van der Waals surface area contributed by atoms with Crippen LogP contribution in [0.5, 0.6) is 0 Å². The summed E-state index contributed by atoms with van der Waals surface area (Å²) in [7, 11) is 4.44. The first-order valence-corrected chi connectivity index (χ1v) is 6.77. The molecule has 1 aliphatic heterocycles. The molecule has 3 nitrogen and oxygen atoms in total. The molecule has 3 heteroatoms. The van der Waals surface area contributed by atoms with Gasteiger partial charge in [0.15, 0.2) is 0 Å². The van der Waals surface area contributed by atoms with Crippen LogP contribution in [0.2, 0.25) is 0 Å². The summed E-state index contributed by atoms with van der Waals surface area (Å²) in [5, 5.41) is 0. The van der Waals surface area contributed by atoms with E-state index >= 15 is 0 Å². The van der Waals surface area contributed by atoms with Gasteiger partial charge in [0.05, 0.1) is 0 Å². The number of hydrogen-bond donors (Lipinski definition) is 1. The van der Waals surface area contributed by atoms with Gasteiger partial charge in [0.1, 0.15) is 0 Å². The maximum Gasteiger partial charge on any atom is 0.0220 e. The van der Waals surface area contributed by atoms with Crippen molar-refractivity contribution in [2.45, 2.75) is 51.1 Å². The molecule has 0 radical (unpaired) electrons. The van der Waals surface area contributed by atoms with Crippen molar-refractivity contribution in [1.82, 2.24) is 9.80 Å². The van der Waals surface area contributed by atoms with Crippen LogP contribution in [0.4, 0.5) is 0 Å². The average Bonchev–Trinajstić information content (AvgIpc) is 2.61. The van der Waals surface area contributed by atoms with Crippen LogP contribution in [0.3, 0.4) is 0 Å². The Morgan fingerprint density at radius 2 is 2.25 bits per heavy atom. The van der Waals surface area contributed by atoms with E-state index in [1.165, 1.54) is 45.2 Å². The quantitative estimate of drug-likeness (QED) is 0.716. The summed E-state index contributed by atoms with van der Waals surface area (Å²) in [5.41, 5.74) is 6.11. The minimum atomic E-state index is 0.358. The molecule has 96 valence electrons. The third-order valence-corrected chi connectivity index (χ3v) is 3.67. The molecule has 2 N–H and O–H groups in total. The largest absolute Gasteiger partial charge is 0.327 e. The van der Waals surface area contributed by atoms with E-state index in [9.17, 15) is 0 Å². The zero-order chi connectivity index (χ0) is 12.0.